The molecule has 1 aromatic carbocycles. The number of nitrogens with one attached hydrogen (secondary N) is 2. The first kappa shape index (κ1) is 11.0. The third kappa shape index (κ3) is 2.01. The molecule has 0 spiro atoms. The zero-order valence-corrected chi connectivity index (χ0v) is 10.6. The van der Waals surface area contributed by atoms with Crippen LogP contribution >= 0.6 is 22.9 Å². The van der Waals surface area contributed by atoms with Gasteiger partial charge in [0.05, 0.1) is 5.52 Å². The van der Waals surface area contributed by atoms with Gasteiger partial charge in [0, 0.05) is 23.5 Å². The quantitative estimate of drug-likeness (QED) is 0.832. The second-order valence-corrected chi connectivity index (χ2v) is 5.31. The van der Waals surface area contributed by atoms with Crippen LogP contribution in [0.2, 0.25) is 5.02 Å². The van der Waals surface area contributed by atoms with E-state index >= 15 is 0 Å². The van der Waals surface area contributed by atoms with Crippen LogP contribution < -0.4 is 15.1 Å². The lowest BCUT2D eigenvalue weighted by Crippen LogP contribution is -2.31. The molecule has 0 radical (unpaired) electrons. The number of anilines is 1. The average Bonchev–Trinajstić information content (AvgIpc) is 2.83. The summed E-state index contributed by atoms with van der Waals surface area (Å²) in [4.78, 5) is 4.56. The standard InChI is InChI=1S/C11H11ClN4S/c12-7-2-3-9-8(6-7)10(13)17-11(15-9)16-5-1-4-14-16/h2-3,6,13-14H,1,4-5H2. The van der Waals surface area contributed by atoms with E-state index in [1.54, 1.807) is 6.07 Å². The topological polar surface area (TPSA) is 52.0 Å². The summed E-state index contributed by atoms with van der Waals surface area (Å²) in [7, 11) is 0. The minimum Gasteiger partial charge on any atom is -0.290 e. The first-order chi connectivity index (χ1) is 8.24. The highest BCUT2D eigenvalue weighted by Crippen LogP contribution is 2.21. The molecule has 17 heavy (non-hydrogen) atoms. The van der Waals surface area contributed by atoms with Crippen LogP contribution in [0, 0.1) is 5.41 Å². The Morgan fingerprint density at radius 1 is 1.47 bits per heavy atom. The van der Waals surface area contributed by atoms with Gasteiger partial charge < -0.3 is 0 Å². The van der Waals surface area contributed by atoms with Gasteiger partial charge in [-0.3, -0.25) is 10.4 Å². The van der Waals surface area contributed by atoms with Crippen molar-refractivity contribution in [1.82, 2.24) is 10.4 Å². The highest BCUT2D eigenvalue weighted by Gasteiger charge is 2.14. The molecule has 0 unspecified atom stereocenters. The van der Waals surface area contributed by atoms with Crippen LogP contribution in [0.1, 0.15) is 6.42 Å². The van der Waals surface area contributed by atoms with Crippen LogP contribution in [0.5, 0.6) is 0 Å². The number of hydrogen-bond donors (Lipinski definition) is 2. The largest absolute Gasteiger partial charge is 0.290 e. The summed E-state index contributed by atoms with van der Waals surface area (Å²) < 4.78 is 0.501. The summed E-state index contributed by atoms with van der Waals surface area (Å²) in [6.45, 7) is 1.92. The number of rotatable bonds is 1. The summed E-state index contributed by atoms with van der Waals surface area (Å²) in [6, 6.07) is 5.47. The Morgan fingerprint density at radius 2 is 2.35 bits per heavy atom. The predicted octanol–water partition coefficient (Wildman–Crippen LogP) is 2.14. The minimum absolute atomic E-state index is 0.501. The second kappa shape index (κ2) is 4.25. The van der Waals surface area contributed by atoms with Crippen molar-refractivity contribution in [3.63, 3.8) is 0 Å². The zero-order chi connectivity index (χ0) is 11.8. The fourth-order valence-corrected chi connectivity index (χ4v) is 2.91. The van der Waals surface area contributed by atoms with Crippen LogP contribution in [-0.2, 0) is 0 Å². The Bertz CT molecular complexity index is 618. The number of aromatic nitrogens is 1. The highest BCUT2D eigenvalue weighted by atomic mass is 35.5. The number of fused-ring (bicyclic) bond motifs is 1. The van der Waals surface area contributed by atoms with Gasteiger partial charge in [0.25, 0.3) is 0 Å². The lowest BCUT2D eigenvalue weighted by molar-refractivity contribution is 0.784. The van der Waals surface area contributed by atoms with E-state index in [4.69, 9.17) is 17.0 Å². The maximum Gasteiger partial charge on any atom is 0.202 e. The molecule has 1 aliphatic heterocycles. The van der Waals surface area contributed by atoms with E-state index < -0.39 is 0 Å². The normalized spacial score (nSPS) is 15.7. The Morgan fingerprint density at radius 3 is 3.12 bits per heavy atom. The fraction of sp³-hybridized carbons (Fsp3) is 0.273. The van der Waals surface area contributed by atoms with Gasteiger partial charge in [-0.1, -0.05) is 22.9 Å². The van der Waals surface area contributed by atoms with E-state index in [9.17, 15) is 0 Å². The third-order valence-corrected chi connectivity index (χ3v) is 3.86. The number of hydrazine groups is 1. The molecule has 1 fully saturated rings. The maximum absolute atomic E-state index is 8.03. The summed E-state index contributed by atoms with van der Waals surface area (Å²) in [5.41, 5.74) is 4.07. The molecule has 1 aromatic heterocycles. The average molecular weight is 267 g/mol. The number of nitrogens with zero attached hydrogens (tertiary/aromatic N) is 2. The van der Waals surface area contributed by atoms with Crippen molar-refractivity contribution in [2.24, 2.45) is 0 Å². The van der Waals surface area contributed by atoms with E-state index in [2.05, 4.69) is 10.4 Å². The lowest BCUT2D eigenvalue weighted by Gasteiger charge is -2.15. The zero-order valence-electron chi connectivity index (χ0n) is 9.03. The van der Waals surface area contributed by atoms with Crippen molar-refractivity contribution in [3.8, 4) is 0 Å². The second-order valence-electron chi connectivity index (χ2n) is 3.90. The van der Waals surface area contributed by atoms with Gasteiger partial charge in [0.1, 0.15) is 4.67 Å². The predicted molar refractivity (Wildman–Crippen MR) is 70.5 cm³/mol. The Balaban J connectivity index is 2.17. The van der Waals surface area contributed by atoms with E-state index in [1.807, 2.05) is 17.1 Å². The van der Waals surface area contributed by atoms with Crippen molar-refractivity contribution in [1.29, 1.82) is 5.41 Å². The Kier molecular flexibility index (Phi) is 2.74. The van der Waals surface area contributed by atoms with E-state index in [0.717, 1.165) is 35.5 Å². The number of halogens is 1. The minimum atomic E-state index is 0.501. The first-order valence-electron chi connectivity index (χ1n) is 5.40. The molecule has 4 nitrogen and oxygen atoms in total. The molecule has 1 aliphatic rings. The van der Waals surface area contributed by atoms with E-state index in [-0.39, 0.29) is 0 Å². The molecular formula is C11H11ClN4S. The SMILES string of the molecule is N=c1sc(N2CCCN2)nc2ccc(Cl)cc12. The Labute approximate surface area is 107 Å². The summed E-state index contributed by atoms with van der Waals surface area (Å²) >= 11 is 7.30. The van der Waals surface area contributed by atoms with Crippen LogP contribution in [-0.4, -0.2) is 18.1 Å². The number of hydrogen-bond acceptors (Lipinski definition) is 5. The van der Waals surface area contributed by atoms with Gasteiger partial charge in [-0.2, -0.15) is 0 Å². The fourth-order valence-electron chi connectivity index (χ4n) is 1.87. The van der Waals surface area contributed by atoms with Crippen molar-refractivity contribution in [2.75, 3.05) is 18.1 Å². The number of benzene rings is 1. The van der Waals surface area contributed by atoms with Gasteiger partial charge in [-0.15, -0.1) is 0 Å². The lowest BCUT2D eigenvalue weighted by atomic mass is 10.2. The molecule has 2 N–H and O–H groups in total. The van der Waals surface area contributed by atoms with Crippen LogP contribution in [0.4, 0.5) is 5.13 Å². The molecule has 0 atom stereocenters. The van der Waals surface area contributed by atoms with E-state index in [0.29, 0.717) is 9.69 Å². The van der Waals surface area contributed by atoms with Crippen molar-refractivity contribution in [2.45, 2.75) is 6.42 Å². The molecule has 0 bridgehead atoms. The monoisotopic (exact) mass is 266 g/mol. The van der Waals surface area contributed by atoms with Crippen LogP contribution in [0.3, 0.4) is 0 Å². The van der Waals surface area contributed by atoms with Crippen molar-refractivity contribution >= 4 is 39.0 Å². The molecule has 1 saturated heterocycles. The van der Waals surface area contributed by atoms with Crippen LogP contribution in [0.15, 0.2) is 18.2 Å². The molecule has 0 amide bonds. The van der Waals surface area contributed by atoms with Gasteiger partial charge in [-0.25, -0.2) is 10.4 Å². The molecule has 0 saturated carbocycles. The summed E-state index contributed by atoms with van der Waals surface area (Å²) in [6.07, 6.45) is 1.11. The third-order valence-electron chi connectivity index (χ3n) is 2.70. The highest BCUT2D eigenvalue weighted by molar-refractivity contribution is 7.13. The molecule has 88 valence electrons. The molecule has 6 heteroatoms. The molecule has 0 aliphatic carbocycles. The van der Waals surface area contributed by atoms with Crippen molar-refractivity contribution < 1.29 is 0 Å². The smallest absolute Gasteiger partial charge is 0.202 e. The van der Waals surface area contributed by atoms with Crippen LogP contribution in [0.25, 0.3) is 10.9 Å². The van der Waals surface area contributed by atoms with Crippen molar-refractivity contribution in [3.05, 3.63) is 27.9 Å². The molecule has 2 aromatic rings. The maximum atomic E-state index is 8.03. The summed E-state index contributed by atoms with van der Waals surface area (Å²) in [5, 5.41) is 12.3. The summed E-state index contributed by atoms with van der Waals surface area (Å²) in [5.74, 6) is 0. The molecular weight excluding hydrogens is 256 g/mol. The van der Waals surface area contributed by atoms with Gasteiger partial charge in [0.2, 0.25) is 5.13 Å². The van der Waals surface area contributed by atoms with Gasteiger partial charge in [-0.05, 0) is 24.6 Å². The van der Waals surface area contributed by atoms with Gasteiger partial charge in [0.15, 0.2) is 0 Å². The Hall–Kier alpha value is -1.17. The first-order valence-corrected chi connectivity index (χ1v) is 6.59. The van der Waals surface area contributed by atoms with E-state index in [1.165, 1.54) is 11.3 Å². The molecule has 3 rings (SSSR count). The molecule has 2 heterocycles. The van der Waals surface area contributed by atoms with Gasteiger partial charge >= 0.3 is 0 Å².